The fourth-order valence-electron chi connectivity index (χ4n) is 4.25. The largest absolute Gasteiger partial charge is 0.334 e. The van der Waals surface area contributed by atoms with Gasteiger partial charge in [-0.15, -0.1) is 0 Å². The van der Waals surface area contributed by atoms with Gasteiger partial charge < -0.3 is 10.2 Å². The summed E-state index contributed by atoms with van der Waals surface area (Å²) in [6.45, 7) is 7.56. The average Bonchev–Trinajstić information content (AvgIpc) is 3.23. The number of amides is 2. The molecule has 2 amide bonds. The first-order chi connectivity index (χ1) is 13.4. The molecule has 4 rings (SSSR count). The summed E-state index contributed by atoms with van der Waals surface area (Å²) >= 11 is 1.77. The van der Waals surface area contributed by atoms with E-state index < -0.39 is 11.8 Å². The molecule has 148 valence electrons. The number of hydrogen-bond acceptors (Lipinski definition) is 4. The first kappa shape index (κ1) is 19.1. The fourth-order valence-corrected chi connectivity index (χ4v) is 5.28. The average molecular weight is 399 g/mol. The zero-order valence-corrected chi connectivity index (χ0v) is 17.4. The van der Waals surface area contributed by atoms with Crippen LogP contribution in [-0.2, 0) is 21.1 Å². The van der Waals surface area contributed by atoms with Gasteiger partial charge in [0.05, 0.1) is 11.4 Å². The Morgan fingerprint density at radius 1 is 1.14 bits per heavy atom. The molecule has 28 heavy (non-hydrogen) atoms. The van der Waals surface area contributed by atoms with Gasteiger partial charge in [-0.1, -0.05) is 32.0 Å². The summed E-state index contributed by atoms with van der Waals surface area (Å²) in [6, 6.07) is 7.93. The number of carbonyl (C=O) groups is 2. The van der Waals surface area contributed by atoms with Crippen LogP contribution in [0.1, 0.15) is 37.1 Å². The van der Waals surface area contributed by atoms with Gasteiger partial charge in [-0.05, 0) is 36.8 Å². The third-order valence-corrected chi connectivity index (χ3v) is 6.45. The summed E-state index contributed by atoms with van der Waals surface area (Å²) in [5.74, 6) is 2.06. The van der Waals surface area contributed by atoms with Gasteiger partial charge >= 0.3 is 11.8 Å². The number of piperidine rings is 1. The highest BCUT2D eigenvalue weighted by Gasteiger charge is 2.31. The molecular weight excluding hydrogens is 372 g/mol. The summed E-state index contributed by atoms with van der Waals surface area (Å²) in [4.78, 5) is 27.3. The van der Waals surface area contributed by atoms with Gasteiger partial charge in [0.15, 0.2) is 0 Å². The van der Waals surface area contributed by atoms with Gasteiger partial charge in [0.2, 0.25) is 0 Å². The van der Waals surface area contributed by atoms with Crippen LogP contribution in [0.25, 0.3) is 5.69 Å². The molecule has 0 saturated carbocycles. The number of fused-ring (bicyclic) bond motifs is 1. The van der Waals surface area contributed by atoms with Crippen molar-refractivity contribution in [1.82, 2.24) is 14.7 Å². The third-order valence-electron chi connectivity index (χ3n) is 5.48. The van der Waals surface area contributed by atoms with E-state index in [1.807, 2.05) is 31.2 Å². The van der Waals surface area contributed by atoms with Crippen LogP contribution in [0.2, 0.25) is 0 Å². The van der Waals surface area contributed by atoms with Crippen LogP contribution in [0, 0.1) is 18.8 Å². The molecular formula is C21H26N4O2S. The molecule has 7 heteroatoms. The molecule has 1 saturated heterocycles. The minimum atomic E-state index is -0.573. The molecule has 6 nitrogen and oxygen atoms in total. The molecule has 2 aliphatic rings. The van der Waals surface area contributed by atoms with Crippen molar-refractivity contribution in [2.75, 3.05) is 18.4 Å². The normalized spacial score (nSPS) is 21.5. The number of anilines is 1. The molecule has 0 bridgehead atoms. The summed E-state index contributed by atoms with van der Waals surface area (Å²) in [5.41, 5.74) is 3.99. The number of hydrogen-bond donors (Lipinski definition) is 1. The molecule has 0 unspecified atom stereocenters. The van der Waals surface area contributed by atoms with Crippen molar-refractivity contribution >= 4 is 29.4 Å². The SMILES string of the molecule is Cc1ccccc1-n1nc2c(c1NC(=O)C(=O)N1C[C@H](C)C[C@@H](C)C1)CSC2. The van der Waals surface area contributed by atoms with Gasteiger partial charge in [-0.2, -0.15) is 16.9 Å². The van der Waals surface area contributed by atoms with Crippen molar-refractivity contribution in [1.29, 1.82) is 0 Å². The molecule has 0 aliphatic carbocycles. The lowest BCUT2D eigenvalue weighted by molar-refractivity contribution is -0.145. The Kier molecular flexibility index (Phi) is 5.19. The Labute approximate surface area is 169 Å². The van der Waals surface area contributed by atoms with E-state index in [9.17, 15) is 9.59 Å². The molecule has 3 heterocycles. The maximum atomic E-state index is 12.8. The maximum absolute atomic E-state index is 12.8. The van der Waals surface area contributed by atoms with Crippen LogP contribution < -0.4 is 5.32 Å². The number of rotatable bonds is 2. The topological polar surface area (TPSA) is 67.2 Å². The first-order valence-electron chi connectivity index (χ1n) is 9.78. The predicted molar refractivity (Wildman–Crippen MR) is 111 cm³/mol. The molecule has 1 aromatic heterocycles. The van der Waals surface area contributed by atoms with E-state index in [0.29, 0.717) is 30.7 Å². The molecule has 2 aromatic rings. The van der Waals surface area contributed by atoms with Gasteiger partial charge in [0, 0.05) is 30.2 Å². The van der Waals surface area contributed by atoms with E-state index in [2.05, 4.69) is 19.2 Å². The molecule has 1 aromatic carbocycles. The van der Waals surface area contributed by atoms with Crippen molar-refractivity contribution in [2.24, 2.45) is 11.8 Å². The monoisotopic (exact) mass is 398 g/mol. The van der Waals surface area contributed by atoms with Crippen molar-refractivity contribution in [3.63, 3.8) is 0 Å². The van der Waals surface area contributed by atoms with Crippen molar-refractivity contribution in [2.45, 2.75) is 38.7 Å². The highest BCUT2D eigenvalue weighted by molar-refractivity contribution is 7.98. The number of benzene rings is 1. The van der Waals surface area contributed by atoms with Crippen LogP contribution in [0.5, 0.6) is 0 Å². The summed E-state index contributed by atoms with van der Waals surface area (Å²) in [7, 11) is 0. The molecule has 0 radical (unpaired) electrons. The Balaban J connectivity index is 1.62. The van der Waals surface area contributed by atoms with Gasteiger partial charge in [-0.25, -0.2) is 4.68 Å². The van der Waals surface area contributed by atoms with Gasteiger partial charge in [0.1, 0.15) is 5.82 Å². The number of aryl methyl sites for hydroxylation is 1. The van der Waals surface area contributed by atoms with E-state index in [0.717, 1.165) is 40.4 Å². The Morgan fingerprint density at radius 3 is 2.57 bits per heavy atom. The van der Waals surface area contributed by atoms with Crippen molar-refractivity contribution < 1.29 is 9.59 Å². The van der Waals surface area contributed by atoms with E-state index in [1.165, 1.54) is 0 Å². The number of carbonyl (C=O) groups excluding carboxylic acids is 2. The quantitative estimate of drug-likeness (QED) is 0.788. The zero-order valence-electron chi connectivity index (χ0n) is 16.6. The number of nitrogens with one attached hydrogen (secondary N) is 1. The lowest BCUT2D eigenvalue weighted by atomic mass is 9.92. The van der Waals surface area contributed by atoms with Crippen molar-refractivity contribution in [3.8, 4) is 5.69 Å². The zero-order chi connectivity index (χ0) is 19.8. The summed E-state index contributed by atoms with van der Waals surface area (Å²) in [6.07, 6.45) is 1.09. The second-order valence-electron chi connectivity index (χ2n) is 8.08. The Morgan fingerprint density at radius 2 is 1.86 bits per heavy atom. The number of thioether (sulfide) groups is 1. The lowest BCUT2D eigenvalue weighted by Crippen LogP contribution is -2.47. The maximum Gasteiger partial charge on any atom is 0.315 e. The molecule has 2 aliphatic heterocycles. The van der Waals surface area contributed by atoms with E-state index >= 15 is 0 Å². The van der Waals surface area contributed by atoms with Gasteiger partial charge in [0.25, 0.3) is 0 Å². The third kappa shape index (κ3) is 3.55. The Hall–Kier alpha value is -2.28. The van der Waals surface area contributed by atoms with Crippen LogP contribution in [-0.4, -0.2) is 39.6 Å². The smallest absolute Gasteiger partial charge is 0.315 e. The minimum absolute atomic E-state index is 0.415. The molecule has 1 fully saturated rings. The number of likely N-dealkylation sites (tertiary alicyclic amines) is 1. The first-order valence-corrected chi connectivity index (χ1v) is 10.9. The van der Waals surface area contributed by atoms with Crippen LogP contribution >= 0.6 is 11.8 Å². The van der Waals surface area contributed by atoms with E-state index in [4.69, 9.17) is 5.10 Å². The number of aromatic nitrogens is 2. The number of para-hydroxylation sites is 1. The molecule has 0 spiro atoms. The molecule has 1 N–H and O–H groups in total. The summed E-state index contributed by atoms with van der Waals surface area (Å²) < 4.78 is 1.78. The van der Waals surface area contributed by atoms with E-state index in [1.54, 1.807) is 21.3 Å². The summed E-state index contributed by atoms with van der Waals surface area (Å²) in [5, 5.41) is 7.63. The highest BCUT2D eigenvalue weighted by atomic mass is 32.2. The van der Waals surface area contributed by atoms with Crippen LogP contribution in [0.15, 0.2) is 24.3 Å². The lowest BCUT2D eigenvalue weighted by Gasteiger charge is -2.34. The standard InChI is InChI=1S/C21H26N4O2S/c1-13-8-14(2)10-24(9-13)21(27)20(26)22-19-16-11-28-12-17(16)23-25(19)18-7-5-4-6-15(18)3/h4-7,13-14H,8-12H2,1-3H3,(H,22,26)/t13-,14-/m1/s1. The van der Waals surface area contributed by atoms with Gasteiger partial charge in [-0.3, -0.25) is 9.59 Å². The Bertz CT molecular complexity index is 913. The highest BCUT2D eigenvalue weighted by Crippen LogP contribution is 2.36. The van der Waals surface area contributed by atoms with Crippen LogP contribution in [0.3, 0.4) is 0 Å². The second-order valence-corrected chi connectivity index (χ2v) is 9.06. The molecule has 2 atom stereocenters. The minimum Gasteiger partial charge on any atom is -0.334 e. The predicted octanol–water partition coefficient (Wildman–Crippen LogP) is 3.37. The van der Waals surface area contributed by atoms with Crippen LogP contribution in [0.4, 0.5) is 5.82 Å². The second kappa shape index (κ2) is 7.62. The number of nitrogens with zero attached hydrogens (tertiary/aromatic N) is 3. The van der Waals surface area contributed by atoms with E-state index in [-0.39, 0.29) is 0 Å². The van der Waals surface area contributed by atoms with Crippen molar-refractivity contribution in [3.05, 3.63) is 41.1 Å². The fraction of sp³-hybridized carbons (Fsp3) is 0.476.